The SMILES string of the molecule is Cl.[2H]C1([2H])[C@H]2C[C@@H](C#N)N([13C](=O)[C@@H](N)C34CC5CC(O)(CC(O)(C5)C3)C4)[C@H]21. The average molecular weight is 371 g/mol. The Bertz CT molecular complexity index is 726. The second-order valence-electron chi connectivity index (χ2n) is 9.14. The van der Waals surface area contributed by atoms with Crippen LogP contribution in [0.4, 0.5) is 0 Å². The molecule has 1 saturated heterocycles. The number of nitrogens with zero attached hydrogens (tertiary/aromatic N) is 2. The van der Waals surface area contributed by atoms with Crippen molar-refractivity contribution < 1.29 is 17.7 Å². The van der Waals surface area contributed by atoms with Crippen LogP contribution in [0.5, 0.6) is 0 Å². The van der Waals surface area contributed by atoms with Crippen molar-refractivity contribution in [1.82, 2.24) is 4.90 Å². The summed E-state index contributed by atoms with van der Waals surface area (Å²) < 4.78 is 16.0. The smallest absolute Gasteiger partial charge is 0.241 e. The van der Waals surface area contributed by atoms with Crippen molar-refractivity contribution in [2.75, 3.05) is 0 Å². The summed E-state index contributed by atoms with van der Waals surface area (Å²) in [5.74, 6) is -0.516. The molecule has 1 amide bonds. The standard InChI is InChI=1S/C18H25N3O3.ClH/c19-6-12-1-11-2-13(11)21(12)15(22)14(20)16-3-10-4-17(23,7-16)9-18(24,5-10)8-16;/h10-14,23-24H,1-5,7-9,20H2;1H/t10?,11-,12+,13+,14-,16?,17?,18?;/m1./s1/i2D2,15+1;. The summed E-state index contributed by atoms with van der Waals surface area (Å²) in [7, 11) is 0. The predicted molar refractivity (Wildman–Crippen MR) is 91.5 cm³/mol. The highest BCUT2D eigenvalue weighted by atomic mass is 35.5. The molecule has 5 saturated carbocycles. The van der Waals surface area contributed by atoms with E-state index in [-0.39, 0.29) is 30.2 Å². The molecule has 0 aromatic heterocycles. The van der Waals surface area contributed by atoms with Crippen LogP contribution in [0.15, 0.2) is 0 Å². The zero-order valence-electron chi connectivity index (χ0n) is 16.0. The van der Waals surface area contributed by atoms with Crippen molar-refractivity contribution in [3.8, 4) is 6.07 Å². The number of halogens is 1. The quantitative estimate of drug-likeness (QED) is 0.619. The number of nitriles is 1. The van der Waals surface area contributed by atoms with Gasteiger partial charge in [0, 0.05) is 20.6 Å². The van der Waals surface area contributed by atoms with Crippen LogP contribution in [-0.2, 0) is 4.79 Å². The number of amides is 1. The molecule has 0 spiro atoms. The summed E-state index contributed by atoms with van der Waals surface area (Å²) in [6, 6.07) is 0.00381. The fourth-order valence-electron chi connectivity index (χ4n) is 6.77. The minimum atomic E-state index is -1.44. The van der Waals surface area contributed by atoms with E-state index in [9.17, 15) is 20.3 Å². The lowest BCUT2D eigenvalue weighted by Gasteiger charge is -2.64. The van der Waals surface area contributed by atoms with E-state index in [0.29, 0.717) is 44.9 Å². The van der Waals surface area contributed by atoms with Crippen LogP contribution in [0.25, 0.3) is 0 Å². The molecule has 1 heterocycles. The number of rotatable bonds is 2. The minimum Gasteiger partial charge on any atom is -0.390 e. The third-order valence-electron chi connectivity index (χ3n) is 7.15. The molecule has 5 aliphatic carbocycles. The summed E-state index contributed by atoms with van der Waals surface area (Å²) in [5, 5.41) is 31.2. The first-order valence-corrected chi connectivity index (χ1v) is 8.95. The number of carbonyl (C=O) groups is 1. The molecule has 0 radical (unpaired) electrons. The second-order valence-corrected chi connectivity index (χ2v) is 9.14. The molecule has 0 aromatic rings. The molecule has 6 nitrogen and oxygen atoms in total. The van der Waals surface area contributed by atoms with E-state index in [1.807, 2.05) is 0 Å². The fourth-order valence-corrected chi connectivity index (χ4v) is 6.77. The highest BCUT2D eigenvalue weighted by Gasteiger charge is 2.66. The van der Waals surface area contributed by atoms with Crippen LogP contribution >= 0.6 is 12.4 Å². The normalized spacial score (nSPS) is 56.2. The van der Waals surface area contributed by atoms with Crippen molar-refractivity contribution in [2.24, 2.45) is 23.0 Å². The Morgan fingerprint density at radius 1 is 1.28 bits per heavy atom. The molecule has 6 fully saturated rings. The predicted octanol–water partition coefficient (Wildman–Crippen LogP) is 0.695. The van der Waals surface area contributed by atoms with Gasteiger partial charge in [0.15, 0.2) is 0 Å². The third-order valence-corrected chi connectivity index (χ3v) is 7.15. The van der Waals surface area contributed by atoms with Crippen molar-refractivity contribution >= 4 is 18.3 Å². The Kier molecular flexibility index (Phi) is 3.10. The number of carbonyl (C=O) groups excluding carboxylic acids is 1. The van der Waals surface area contributed by atoms with E-state index in [2.05, 4.69) is 6.07 Å². The maximum Gasteiger partial charge on any atom is 0.241 e. The van der Waals surface area contributed by atoms with E-state index in [0.717, 1.165) is 0 Å². The van der Waals surface area contributed by atoms with Gasteiger partial charge in [-0.3, -0.25) is 4.79 Å². The van der Waals surface area contributed by atoms with Crippen LogP contribution in [0.1, 0.15) is 54.1 Å². The molecule has 4 bridgehead atoms. The van der Waals surface area contributed by atoms with E-state index in [4.69, 9.17) is 8.48 Å². The number of hydrogen-bond acceptors (Lipinski definition) is 5. The third kappa shape index (κ3) is 2.36. The number of aliphatic hydroxyl groups is 2. The summed E-state index contributed by atoms with van der Waals surface area (Å²) in [4.78, 5) is 14.7. The number of piperidine rings is 1. The lowest BCUT2D eigenvalue weighted by Crippen LogP contribution is -2.69. The van der Waals surface area contributed by atoms with Crippen LogP contribution in [0.3, 0.4) is 0 Å². The fraction of sp³-hybridized carbons (Fsp3) is 0.889. The van der Waals surface area contributed by atoms with Gasteiger partial charge in [-0.05, 0) is 56.7 Å². The number of nitrogens with two attached hydrogens (primary N) is 1. The summed E-state index contributed by atoms with van der Waals surface area (Å²) in [5.41, 5.74) is 3.85. The average Bonchev–Trinajstić information content (AvgIpc) is 2.88. The Morgan fingerprint density at radius 3 is 2.48 bits per heavy atom. The topological polar surface area (TPSA) is 111 Å². The molecule has 138 valence electrons. The Morgan fingerprint density at radius 2 is 1.92 bits per heavy atom. The second kappa shape index (κ2) is 5.10. The number of fused-ring (bicyclic) bond motifs is 1. The zero-order valence-corrected chi connectivity index (χ0v) is 14.8. The largest absolute Gasteiger partial charge is 0.390 e. The van der Waals surface area contributed by atoms with Crippen LogP contribution in [0.2, 0.25) is 0 Å². The molecule has 25 heavy (non-hydrogen) atoms. The van der Waals surface area contributed by atoms with Gasteiger partial charge in [-0.15, -0.1) is 12.4 Å². The minimum absolute atomic E-state index is 0. The van der Waals surface area contributed by atoms with Crippen molar-refractivity contribution in [3.05, 3.63) is 0 Å². The highest BCUT2D eigenvalue weighted by molar-refractivity contribution is 5.85. The molecule has 7 heteroatoms. The van der Waals surface area contributed by atoms with Gasteiger partial charge < -0.3 is 20.8 Å². The molecule has 6 aliphatic rings. The van der Waals surface area contributed by atoms with E-state index < -0.39 is 41.1 Å². The van der Waals surface area contributed by atoms with E-state index in [1.165, 1.54) is 4.90 Å². The van der Waals surface area contributed by atoms with Crippen molar-refractivity contribution in [1.29, 1.82) is 5.26 Å². The lowest BCUT2D eigenvalue weighted by atomic mass is 9.45. The van der Waals surface area contributed by atoms with Gasteiger partial charge in [0.05, 0.1) is 23.3 Å². The van der Waals surface area contributed by atoms with Crippen LogP contribution in [0, 0.1) is 28.6 Å². The number of likely N-dealkylation sites (tertiary alicyclic amines) is 1. The van der Waals surface area contributed by atoms with Crippen LogP contribution < -0.4 is 5.73 Å². The lowest BCUT2D eigenvalue weighted by molar-refractivity contribution is -0.234. The van der Waals surface area contributed by atoms with Gasteiger partial charge in [-0.25, -0.2) is 0 Å². The molecule has 6 atom stereocenters. The van der Waals surface area contributed by atoms with Crippen molar-refractivity contribution in [2.45, 2.75) is 80.6 Å². The summed E-state index contributed by atoms with van der Waals surface area (Å²) in [6.07, 6.45) is 2.06. The monoisotopic (exact) mass is 370 g/mol. The maximum absolute atomic E-state index is 13.3. The Hall–Kier alpha value is -0.870. The molecule has 6 rings (SSSR count). The molecule has 1 aliphatic heterocycles. The van der Waals surface area contributed by atoms with Gasteiger partial charge in [-0.2, -0.15) is 5.26 Å². The van der Waals surface area contributed by atoms with Gasteiger partial charge in [0.1, 0.15) is 6.04 Å². The molecule has 4 N–H and O–H groups in total. The van der Waals surface area contributed by atoms with Gasteiger partial charge in [0.25, 0.3) is 0 Å². The first-order valence-electron chi connectivity index (χ1n) is 9.95. The van der Waals surface area contributed by atoms with Gasteiger partial charge >= 0.3 is 0 Å². The van der Waals surface area contributed by atoms with E-state index >= 15 is 0 Å². The van der Waals surface area contributed by atoms with Gasteiger partial charge in [0.2, 0.25) is 5.91 Å². The van der Waals surface area contributed by atoms with Gasteiger partial charge in [-0.1, -0.05) is 0 Å². The maximum atomic E-state index is 13.3. The first kappa shape index (κ1) is 15.2. The highest BCUT2D eigenvalue weighted by Crippen LogP contribution is 2.64. The Balaban J connectivity index is 0.00000180. The first-order chi connectivity index (χ1) is 12.0. The zero-order chi connectivity index (χ0) is 18.7. The molecular formula is C18H26ClN3O3. The number of hydrogen-bond donors (Lipinski definition) is 3. The summed E-state index contributed by atoms with van der Waals surface area (Å²) in [6.45, 7) is 0. The van der Waals surface area contributed by atoms with Crippen molar-refractivity contribution in [3.63, 3.8) is 0 Å². The van der Waals surface area contributed by atoms with E-state index in [1.54, 1.807) is 0 Å². The summed E-state index contributed by atoms with van der Waals surface area (Å²) >= 11 is 0. The van der Waals surface area contributed by atoms with Crippen LogP contribution in [-0.4, -0.2) is 50.3 Å². The molecule has 0 aromatic carbocycles. The Labute approximate surface area is 156 Å². The molecular weight excluding hydrogens is 343 g/mol. The molecule has 2 unspecified atom stereocenters.